The molecule has 0 radical (unpaired) electrons. The van der Waals surface area contributed by atoms with Gasteiger partial charge in [-0.2, -0.15) is 5.10 Å². The lowest BCUT2D eigenvalue weighted by Gasteiger charge is -2.07. The highest BCUT2D eigenvalue weighted by Crippen LogP contribution is 2.13. The van der Waals surface area contributed by atoms with Crippen LogP contribution < -0.4 is 10.3 Å². The highest BCUT2D eigenvalue weighted by Gasteiger charge is 2.03. The van der Waals surface area contributed by atoms with E-state index in [2.05, 4.69) is 10.1 Å². The van der Waals surface area contributed by atoms with Gasteiger partial charge >= 0.3 is 0 Å². The summed E-state index contributed by atoms with van der Waals surface area (Å²) in [5.74, 6) is 0.453. The fourth-order valence-corrected chi connectivity index (χ4v) is 1.96. The Labute approximate surface area is 121 Å². The average Bonchev–Trinajstić information content (AvgIpc) is 2.92. The lowest BCUT2D eigenvalue weighted by Crippen LogP contribution is -2.15. The van der Waals surface area contributed by atoms with Crippen LogP contribution in [0.3, 0.4) is 0 Å². The Kier molecular flexibility index (Phi) is 3.51. The number of rotatable bonds is 4. The Morgan fingerprint density at radius 2 is 2.10 bits per heavy atom. The zero-order chi connectivity index (χ0) is 14.7. The zero-order valence-electron chi connectivity index (χ0n) is 11.5. The first-order valence-electron chi connectivity index (χ1n) is 6.48. The molecule has 0 amide bonds. The molecule has 0 aliphatic heterocycles. The number of aromatic nitrogens is 4. The second-order valence-corrected chi connectivity index (χ2v) is 4.53. The monoisotopic (exact) mass is 282 g/mol. The van der Waals surface area contributed by atoms with Gasteiger partial charge in [-0.05, 0) is 18.2 Å². The second kappa shape index (κ2) is 5.62. The van der Waals surface area contributed by atoms with Crippen LogP contribution >= 0.6 is 0 Å². The van der Waals surface area contributed by atoms with E-state index in [9.17, 15) is 4.79 Å². The Morgan fingerprint density at radius 3 is 2.86 bits per heavy atom. The van der Waals surface area contributed by atoms with Crippen LogP contribution in [-0.2, 0) is 13.7 Å². The van der Waals surface area contributed by atoms with Crippen LogP contribution in [0.4, 0.5) is 0 Å². The van der Waals surface area contributed by atoms with E-state index in [0.29, 0.717) is 18.2 Å². The SMILES string of the molecule is Cn1ccc(COc2cc(-n3ccccc3=O)ccn2)n1. The molecule has 21 heavy (non-hydrogen) atoms. The molecule has 106 valence electrons. The molecule has 0 aromatic carbocycles. The molecular weight excluding hydrogens is 268 g/mol. The van der Waals surface area contributed by atoms with Crippen molar-refractivity contribution < 1.29 is 4.74 Å². The van der Waals surface area contributed by atoms with Gasteiger partial charge in [-0.15, -0.1) is 0 Å². The molecule has 0 bridgehead atoms. The van der Waals surface area contributed by atoms with E-state index < -0.39 is 0 Å². The molecule has 3 aromatic heterocycles. The van der Waals surface area contributed by atoms with E-state index in [1.807, 2.05) is 19.3 Å². The first-order chi connectivity index (χ1) is 10.2. The summed E-state index contributed by atoms with van der Waals surface area (Å²) in [4.78, 5) is 15.9. The third-order valence-corrected chi connectivity index (χ3v) is 2.96. The first-order valence-corrected chi connectivity index (χ1v) is 6.48. The van der Waals surface area contributed by atoms with Crippen LogP contribution in [0, 0.1) is 0 Å². The number of nitrogens with zero attached hydrogens (tertiary/aromatic N) is 4. The number of hydrogen-bond acceptors (Lipinski definition) is 4. The number of ether oxygens (including phenoxy) is 1. The Hall–Kier alpha value is -2.89. The van der Waals surface area contributed by atoms with E-state index in [1.54, 1.807) is 41.3 Å². The van der Waals surface area contributed by atoms with Gasteiger partial charge in [0.2, 0.25) is 5.88 Å². The van der Waals surface area contributed by atoms with Gasteiger partial charge in [-0.3, -0.25) is 14.0 Å². The molecule has 0 aliphatic carbocycles. The molecule has 0 atom stereocenters. The van der Waals surface area contributed by atoms with Gasteiger partial charge in [-0.1, -0.05) is 6.07 Å². The molecule has 0 saturated heterocycles. The minimum absolute atomic E-state index is 0.0978. The molecule has 6 heteroatoms. The summed E-state index contributed by atoms with van der Waals surface area (Å²) >= 11 is 0. The van der Waals surface area contributed by atoms with Gasteiger partial charge < -0.3 is 4.74 Å². The summed E-state index contributed by atoms with van der Waals surface area (Å²) in [6, 6.07) is 10.4. The molecule has 3 aromatic rings. The largest absolute Gasteiger partial charge is 0.471 e. The Balaban J connectivity index is 1.80. The van der Waals surface area contributed by atoms with Crippen molar-refractivity contribution in [3.63, 3.8) is 0 Å². The average molecular weight is 282 g/mol. The molecule has 0 N–H and O–H groups in total. The summed E-state index contributed by atoms with van der Waals surface area (Å²) in [5.41, 5.74) is 1.44. The van der Waals surface area contributed by atoms with Gasteiger partial charge in [-0.25, -0.2) is 4.98 Å². The molecule has 6 nitrogen and oxygen atoms in total. The maximum atomic E-state index is 11.8. The summed E-state index contributed by atoms with van der Waals surface area (Å²) in [6.45, 7) is 0.334. The predicted octanol–water partition coefficient (Wildman–Crippen LogP) is 1.54. The fourth-order valence-electron chi connectivity index (χ4n) is 1.96. The molecule has 0 unspecified atom stereocenters. The molecular formula is C15H14N4O2. The maximum Gasteiger partial charge on any atom is 0.255 e. The van der Waals surface area contributed by atoms with Crippen molar-refractivity contribution in [1.29, 1.82) is 0 Å². The molecule has 0 fully saturated rings. The smallest absolute Gasteiger partial charge is 0.255 e. The van der Waals surface area contributed by atoms with E-state index in [0.717, 1.165) is 5.69 Å². The van der Waals surface area contributed by atoms with Gasteiger partial charge in [0.1, 0.15) is 6.61 Å². The predicted molar refractivity (Wildman–Crippen MR) is 77.4 cm³/mol. The Bertz CT molecular complexity index is 807. The molecule has 3 heterocycles. The van der Waals surface area contributed by atoms with E-state index in [1.165, 1.54) is 10.6 Å². The molecule has 3 rings (SSSR count). The minimum atomic E-state index is -0.0978. The second-order valence-electron chi connectivity index (χ2n) is 4.53. The number of pyridine rings is 2. The zero-order valence-corrected chi connectivity index (χ0v) is 11.5. The van der Waals surface area contributed by atoms with Crippen molar-refractivity contribution in [2.75, 3.05) is 0 Å². The standard InChI is InChI=1S/C15H14N4O2/c1-18-9-6-12(17-18)11-21-14-10-13(5-7-16-14)19-8-3-2-4-15(19)20/h2-10H,11H2,1H3. The first kappa shape index (κ1) is 13.1. The summed E-state index contributed by atoms with van der Waals surface area (Å²) < 4.78 is 8.86. The van der Waals surface area contributed by atoms with Crippen LogP contribution in [0.15, 0.2) is 59.8 Å². The number of aryl methyl sites for hydroxylation is 1. The van der Waals surface area contributed by atoms with Gasteiger partial charge in [0.25, 0.3) is 5.56 Å². The molecule has 0 saturated carbocycles. The third-order valence-electron chi connectivity index (χ3n) is 2.96. The van der Waals surface area contributed by atoms with Gasteiger partial charge in [0.05, 0.1) is 11.4 Å². The van der Waals surface area contributed by atoms with E-state index in [4.69, 9.17) is 4.74 Å². The molecule has 0 spiro atoms. The van der Waals surface area contributed by atoms with Gasteiger partial charge in [0.15, 0.2) is 0 Å². The van der Waals surface area contributed by atoms with E-state index >= 15 is 0 Å². The number of hydrogen-bond donors (Lipinski definition) is 0. The van der Waals surface area contributed by atoms with Crippen LogP contribution in [0.1, 0.15) is 5.69 Å². The van der Waals surface area contributed by atoms with Gasteiger partial charge in [0, 0.05) is 37.8 Å². The summed E-state index contributed by atoms with van der Waals surface area (Å²) in [6.07, 6.45) is 5.18. The van der Waals surface area contributed by atoms with Crippen LogP contribution in [-0.4, -0.2) is 19.3 Å². The summed E-state index contributed by atoms with van der Waals surface area (Å²) in [7, 11) is 1.85. The summed E-state index contributed by atoms with van der Waals surface area (Å²) in [5, 5.41) is 4.23. The highest BCUT2D eigenvalue weighted by molar-refractivity contribution is 5.34. The third kappa shape index (κ3) is 3.00. The van der Waals surface area contributed by atoms with Crippen LogP contribution in [0.2, 0.25) is 0 Å². The van der Waals surface area contributed by atoms with Crippen molar-refractivity contribution in [3.8, 4) is 11.6 Å². The lowest BCUT2D eigenvalue weighted by molar-refractivity contribution is 0.288. The quantitative estimate of drug-likeness (QED) is 0.728. The highest BCUT2D eigenvalue weighted by atomic mass is 16.5. The van der Waals surface area contributed by atoms with Crippen molar-refractivity contribution in [3.05, 3.63) is 71.0 Å². The fraction of sp³-hybridized carbons (Fsp3) is 0.133. The maximum absolute atomic E-state index is 11.8. The lowest BCUT2D eigenvalue weighted by atomic mass is 10.3. The topological polar surface area (TPSA) is 61.9 Å². The van der Waals surface area contributed by atoms with Crippen molar-refractivity contribution in [2.24, 2.45) is 7.05 Å². The van der Waals surface area contributed by atoms with Crippen molar-refractivity contribution in [1.82, 2.24) is 19.3 Å². The van der Waals surface area contributed by atoms with E-state index in [-0.39, 0.29) is 5.56 Å². The normalized spacial score (nSPS) is 10.5. The van der Waals surface area contributed by atoms with Crippen molar-refractivity contribution in [2.45, 2.75) is 6.61 Å². The van der Waals surface area contributed by atoms with Crippen molar-refractivity contribution >= 4 is 0 Å². The molecule has 0 aliphatic rings. The van der Waals surface area contributed by atoms with Crippen LogP contribution in [0.25, 0.3) is 5.69 Å². The minimum Gasteiger partial charge on any atom is -0.471 e. The Morgan fingerprint density at radius 1 is 1.19 bits per heavy atom. The van der Waals surface area contributed by atoms with Crippen LogP contribution in [0.5, 0.6) is 5.88 Å².